The van der Waals surface area contributed by atoms with E-state index in [4.69, 9.17) is 28.4 Å². The maximum Gasteiger partial charge on any atom is 0.231 e. The van der Waals surface area contributed by atoms with Crippen LogP contribution in [-0.2, 0) is 9.59 Å². The molecule has 2 atom stereocenters. The second-order valence-corrected chi connectivity index (χ2v) is 11.7. The zero-order valence-corrected chi connectivity index (χ0v) is 26.3. The van der Waals surface area contributed by atoms with Gasteiger partial charge in [-0.2, -0.15) is 0 Å². The fraction of sp³-hybridized carbons (Fsp3) is 0.297. The number of amides is 2. The fourth-order valence-corrected chi connectivity index (χ4v) is 6.44. The molecular weight excluding hydrogens is 600 g/mol. The summed E-state index contributed by atoms with van der Waals surface area (Å²) in [6.45, 7) is 3.25. The van der Waals surface area contributed by atoms with Crippen LogP contribution in [0.15, 0.2) is 72.8 Å². The van der Waals surface area contributed by atoms with Crippen molar-refractivity contribution in [2.45, 2.75) is 44.4 Å². The van der Waals surface area contributed by atoms with E-state index >= 15 is 0 Å². The van der Waals surface area contributed by atoms with Crippen molar-refractivity contribution in [2.24, 2.45) is 0 Å². The molecule has 0 radical (unpaired) electrons. The minimum atomic E-state index is -0.0607. The summed E-state index contributed by atoms with van der Waals surface area (Å²) in [5, 5.41) is 5.86. The summed E-state index contributed by atoms with van der Waals surface area (Å²) in [7, 11) is 1.64. The Balaban J connectivity index is 0.000000151. The number of anilines is 2. The summed E-state index contributed by atoms with van der Waals surface area (Å²) in [6, 6.07) is 23.4. The number of benzene rings is 4. The second kappa shape index (κ2) is 13.2. The number of methoxy groups -OCH3 is 1. The molecule has 4 aromatic rings. The van der Waals surface area contributed by atoms with Gasteiger partial charge in [0.15, 0.2) is 23.0 Å². The molecule has 0 aromatic heterocycles. The maximum atomic E-state index is 12.3. The monoisotopic (exact) mass is 636 g/mol. The summed E-state index contributed by atoms with van der Waals surface area (Å²) < 4.78 is 33.2. The zero-order chi connectivity index (χ0) is 32.3. The molecule has 4 aromatic carbocycles. The number of unbranched alkanes of at least 4 members (excludes halogenated alkanes) is 1. The van der Waals surface area contributed by atoms with Gasteiger partial charge in [-0.1, -0.05) is 49.7 Å². The first-order valence-electron chi connectivity index (χ1n) is 15.8. The molecule has 0 aliphatic carbocycles. The SMILES string of the molecule is CCCCOc1ccccc1C1CC(=O)Nc2cc3c(cc21)OCO3.COc1ccccc1C1CC(=O)Nc2cc3c(cc21)OCO3. The van der Waals surface area contributed by atoms with Crippen molar-refractivity contribution in [1.29, 1.82) is 0 Å². The summed E-state index contributed by atoms with van der Waals surface area (Å²) in [4.78, 5) is 24.3. The molecule has 4 aliphatic rings. The molecule has 2 amide bonds. The van der Waals surface area contributed by atoms with E-state index in [0.717, 1.165) is 69.5 Å². The Bertz CT molecular complexity index is 1820. The summed E-state index contributed by atoms with van der Waals surface area (Å²) >= 11 is 0. The van der Waals surface area contributed by atoms with Gasteiger partial charge in [-0.05, 0) is 41.8 Å². The molecule has 0 saturated carbocycles. The Labute approximate surface area is 272 Å². The summed E-state index contributed by atoms with van der Waals surface area (Å²) in [6.07, 6.45) is 2.86. The van der Waals surface area contributed by atoms with Crippen molar-refractivity contribution < 1.29 is 38.0 Å². The van der Waals surface area contributed by atoms with E-state index in [9.17, 15) is 9.59 Å². The first-order valence-corrected chi connectivity index (χ1v) is 15.8. The quantitative estimate of drug-likeness (QED) is 0.209. The first kappa shape index (κ1) is 30.3. The Morgan fingerprint density at radius 2 is 1.13 bits per heavy atom. The van der Waals surface area contributed by atoms with Gasteiger partial charge in [-0.3, -0.25) is 9.59 Å². The molecule has 2 N–H and O–H groups in total. The van der Waals surface area contributed by atoms with E-state index in [1.165, 1.54) is 0 Å². The van der Waals surface area contributed by atoms with Crippen LogP contribution in [-0.4, -0.2) is 39.1 Å². The Morgan fingerprint density at radius 3 is 1.64 bits per heavy atom. The normalized spacial score (nSPS) is 18.2. The van der Waals surface area contributed by atoms with Gasteiger partial charge >= 0.3 is 0 Å². The van der Waals surface area contributed by atoms with E-state index in [1.54, 1.807) is 7.11 Å². The Hall–Kier alpha value is -5.38. The van der Waals surface area contributed by atoms with Crippen LogP contribution in [0.25, 0.3) is 0 Å². The van der Waals surface area contributed by atoms with Crippen molar-refractivity contribution in [3.05, 3.63) is 95.1 Å². The van der Waals surface area contributed by atoms with Gasteiger partial charge in [0.05, 0.1) is 13.7 Å². The molecule has 47 heavy (non-hydrogen) atoms. The molecule has 0 spiro atoms. The third-order valence-electron chi connectivity index (χ3n) is 8.73. The number of hydrogen-bond acceptors (Lipinski definition) is 8. The van der Waals surface area contributed by atoms with E-state index < -0.39 is 0 Å². The van der Waals surface area contributed by atoms with Crippen LogP contribution in [0.3, 0.4) is 0 Å². The number of rotatable bonds is 7. The Morgan fingerprint density at radius 1 is 0.660 bits per heavy atom. The van der Waals surface area contributed by atoms with Crippen LogP contribution < -0.4 is 39.1 Å². The van der Waals surface area contributed by atoms with Gasteiger partial charge in [0.1, 0.15) is 11.5 Å². The third kappa shape index (κ3) is 6.10. The highest BCUT2D eigenvalue weighted by molar-refractivity contribution is 5.97. The number of nitrogens with one attached hydrogen (secondary N) is 2. The van der Waals surface area contributed by atoms with E-state index in [1.807, 2.05) is 72.8 Å². The fourth-order valence-electron chi connectivity index (χ4n) is 6.44. The van der Waals surface area contributed by atoms with Crippen molar-refractivity contribution in [2.75, 3.05) is 37.9 Å². The van der Waals surface area contributed by atoms with Crippen LogP contribution in [0.1, 0.15) is 66.7 Å². The van der Waals surface area contributed by atoms with E-state index in [0.29, 0.717) is 30.9 Å². The van der Waals surface area contributed by atoms with Crippen LogP contribution >= 0.6 is 0 Å². The number of carbonyl (C=O) groups is 2. The number of carbonyl (C=O) groups excluding carboxylic acids is 2. The Kier molecular flexibility index (Phi) is 8.48. The van der Waals surface area contributed by atoms with E-state index in [-0.39, 0.29) is 37.2 Å². The van der Waals surface area contributed by atoms with Gasteiger partial charge < -0.3 is 39.1 Å². The molecule has 242 valence electrons. The summed E-state index contributed by atoms with van der Waals surface area (Å²) in [5.41, 5.74) is 5.66. The van der Waals surface area contributed by atoms with Gasteiger partial charge in [0, 0.05) is 59.3 Å². The van der Waals surface area contributed by atoms with Gasteiger partial charge in [-0.15, -0.1) is 0 Å². The first-order chi connectivity index (χ1) is 23.0. The van der Waals surface area contributed by atoms with Crippen LogP contribution in [0.5, 0.6) is 34.5 Å². The standard InChI is InChI=1S/C20H21NO4.C17H15NO4/c1-2-3-8-23-17-7-5-4-6-13(17)14-10-20(22)21-16-11-19-18(9-15(14)16)24-12-25-19;1-20-14-5-3-2-4-10(14)11-7-17(19)18-13-8-16-15(6-12(11)13)21-9-22-16/h4-7,9,11,14H,2-3,8,10,12H2,1H3,(H,21,22);2-6,8,11H,7,9H2,1H3,(H,18,19). The van der Waals surface area contributed by atoms with Crippen molar-refractivity contribution in [3.8, 4) is 34.5 Å². The predicted octanol–water partition coefficient (Wildman–Crippen LogP) is 6.97. The predicted molar refractivity (Wildman–Crippen MR) is 175 cm³/mol. The lowest BCUT2D eigenvalue weighted by atomic mass is 9.84. The highest BCUT2D eigenvalue weighted by Gasteiger charge is 2.33. The van der Waals surface area contributed by atoms with Crippen LogP contribution in [0.2, 0.25) is 0 Å². The number of hydrogen-bond donors (Lipinski definition) is 2. The lowest BCUT2D eigenvalue weighted by Gasteiger charge is -2.27. The largest absolute Gasteiger partial charge is 0.496 e. The average molecular weight is 637 g/mol. The molecule has 0 bridgehead atoms. The molecule has 4 aliphatic heterocycles. The van der Waals surface area contributed by atoms with Crippen molar-refractivity contribution in [1.82, 2.24) is 0 Å². The van der Waals surface area contributed by atoms with Gasteiger partial charge in [0.25, 0.3) is 0 Å². The number of para-hydroxylation sites is 2. The minimum absolute atomic E-state index is 0.000253. The zero-order valence-electron chi connectivity index (χ0n) is 26.3. The van der Waals surface area contributed by atoms with Gasteiger partial charge in [-0.25, -0.2) is 0 Å². The molecule has 0 saturated heterocycles. The molecule has 0 fully saturated rings. The molecule has 4 heterocycles. The second-order valence-electron chi connectivity index (χ2n) is 11.7. The molecule has 10 nitrogen and oxygen atoms in total. The average Bonchev–Trinajstić information content (AvgIpc) is 3.75. The third-order valence-corrected chi connectivity index (χ3v) is 8.73. The molecule has 10 heteroatoms. The highest BCUT2D eigenvalue weighted by Crippen LogP contribution is 2.47. The molecule has 8 rings (SSSR count). The lowest BCUT2D eigenvalue weighted by molar-refractivity contribution is -0.117. The number of fused-ring (bicyclic) bond motifs is 4. The molecule has 2 unspecified atom stereocenters. The van der Waals surface area contributed by atoms with Crippen LogP contribution in [0.4, 0.5) is 11.4 Å². The van der Waals surface area contributed by atoms with Crippen molar-refractivity contribution in [3.63, 3.8) is 0 Å². The number of ether oxygens (including phenoxy) is 6. The van der Waals surface area contributed by atoms with Crippen LogP contribution in [0, 0.1) is 0 Å². The topological polar surface area (TPSA) is 114 Å². The maximum absolute atomic E-state index is 12.3. The van der Waals surface area contributed by atoms with Gasteiger partial charge in [0.2, 0.25) is 25.4 Å². The summed E-state index contributed by atoms with van der Waals surface area (Å²) in [5.74, 6) is 4.28. The smallest absolute Gasteiger partial charge is 0.231 e. The minimum Gasteiger partial charge on any atom is -0.496 e. The van der Waals surface area contributed by atoms with E-state index in [2.05, 4.69) is 17.6 Å². The van der Waals surface area contributed by atoms with Crippen molar-refractivity contribution >= 4 is 23.2 Å². The molecular formula is C37H36N2O8. The lowest BCUT2D eigenvalue weighted by Crippen LogP contribution is -2.23. The highest BCUT2D eigenvalue weighted by atomic mass is 16.7.